The summed E-state index contributed by atoms with van der Waals surface area (Å²) >= 11 is 7.44. The quantitative estimate of drug-likeness (QED) is 0.414. The van der Waals surface area contributed by atoms with Crippen LogP contribution in [0.15, 0.2) is 47.6 Å². The van der Waals surface area contributed by atoms with Crippen molar-refractivity contribution >= 4 is 40.9 Å². The van der Waals surface area contributed by atoms with Gasteiger partial charge in [-0.1, -0.05) is 55.4 Å². The number of anilines is 1. The van der Waals surface area contributed by atoms with E-state index in [1.165, 1.54) is 11.8 Å². The third-order valence-corrected chi connectivity index (χ3v) is 6.53. The minimum Gasteiger partial charge on any atom is -0.495 e. The molecule has 8 nitrogen and oxygen atoms in total. The number of methoxy groups -OCH3 is 1. The monoisotopic (exact) mass is 501 g/mol. The summed E-state index contributed by atoms with van der Waals surface area (Å²) in [5, 5.41) is 15.4. The predicted octanol–water partition coefficient (Wildman–Crippen LogP) is 4.64. The fourth-order valence-corrected chi connectivity index (χ4v) is 4.29. The maximum Gasteiger partial charge on any atom is 0.253 e. The summed E-state index contributed by atoms with van der Waals surface area (Å²) in [4.78, 5) is 25.4. The highest BCUT2D eigenvalue weighted by atomic mass is 35.5. The molecule has 0 unspecified atom stereocenters. The molecule has 10 heteroatoms. The van der Waals surface area contributed by atoms with Gasteiger partial charge in [0, 0.05) is 7.05 Å². The Morgan fingerprint density at radius 2 is 1.91 bits per heavy atom. The molecule has 2 aromatic carbocycles. The number of nitrogens with one attached hydrogen (secondary N) is 2. The van der Waals surface area contributed by atoms with Gasteiger partial charge >= 0.3 is 0 Å². The maximum atomic E-state index is 12.8. The number of thioether (sulfide) groups is 1. The molecule has 1 heterocycles. The van der Waals surface area contributed by atoms with Gasteiger partial charge in [-0.2, -0.15) is 0 Å². The number of carbonyl (C=O) groups is 2. The SMILES string of the molecule is COc1ccc(C)cc1NC(=O)CSc1nnc([C@@H](NC(=O)c2ccccc2Cl)C(C)C)n1C. The smallest absolute Gasteiger partial charge is 0.253 e. The molecule has 1 atom stereocenters. The number of nitrogens with zero attached hydrogens (tertiary/aromatic N) is 3. The number of aryl methyl sites for hydroxylation is 1. The minimum atomic E-state index is -0.388. The van der Waals surface area contributed by atoms with Crippen molar-refractivity contribution in [1.82, 2.24) is 20.1 Å². The highest BCUT2D eigenvalue weighted by molar-refractivity contribution is 7.99. The molecule has 1 aromatic heterocycles. The molecule has 0 spiro atoms. The van der Waals surface area contributed by atoms with Crippen LogP contribution in [0.5, 0.6) is 5.75 Å². The zero-order chi connectivity index (χ0) is 24.8. The van der Waals surface area contributed by atoms with E-state index < -0.39 is 0 Å². The Morgan fingerprint density at radius 3 is 2.59 bits per heavy atom. The van der Waals surface area contributed by atoms with Gasteiger partial charge in [0.1, 0.15) is 5.75 Å². The molecule has 0 aliphatic heterocycles. The van der Waals surface area contributed by atoms with Gasteiger partial charge in [-0.3, -0.25) is 9.59 Å². The standard InChI is InChI=1S/C24H28ClN5O3S/c1-14(2)21(27-23(32)16-8-6-7-9-17(16)25)22-28-29-24(30(22)4)34-13-20(31)26-18-12-15(3)10-11-19(18)33-5/h6-12,14,21H,13H2,1-5H3,(H,26,31)(H,27,32)/t21-/m0/s1. The van der Waals surface area contributed by atoms with Gasteiger partial charge in [0.05, 0.1) is 35.2 Å². The van der Waals surface area contributed by atoms with Crippen LogP contribution in [0.4, 0.5) is 5.69 Å². The number of rotatable bonds is 9. The predicted molar refractivity (Wildman–Crippen MR) is 135 cm³/mol. The lowest BCUT2D eigenvalue weighted by molar-refractivity contribution is -0.113. The van der Waals surface area contributed by atoms with Gasteiger partial charge in [0.25, 0.3) is 5.91 Å². The Hall–Kier alpha value is -3.04. The van der Waals surface area contributed by atoms with E-state index in [9.17, 15) is 9.59 Å². The molecule has 2 amide bonds. The normalized spacial score (nSPS) is 11.9. The van der Waals surface area contributed by atoms with E-state index in [0.29, 0.717) is 33.0 Å². The summed E-state index contributed by atoms with van der Waals surface area (Å²) < 4.78 is 7.11. The van der Waals surface area contributed by atoms with Gasteiger partial charge in [0.15, 0.2) is 11.0 Å². The number of amides is 2. The van der Waals surface area contributed by atoms with Crippen molar-refractivity contribution < 1.29 is 14.3 Å². The Kier molecular flexibility index (Phi) is 8.57. The second-order valence-electron chi connectivity index (χ2n) is 8.12. The molecule has 180 valence electrons. The molecule has 0 aliphatic carbocycles. The highest BCUT2D eigenvalue weighted by Crippen LogP contribution is 2.27. The Morgan fingerprint density at radius 1 is 1.18 bits per heavy atom. The van der Waals surface area contributed by atoms with E-state index in [2.05, 4.69) is 20.8 Å². The van der Waals surface area contributed by atoms with Gasteiger partial charge in [0.2, 0.25) is 5.91 Å². The zero-order valence-corrected chi connectivity index (χ0v) is 21.3. The molecular weight excluding hydrogens is 474 g/mol. The Balaban J connectivity index is 1.69. The first-order chi connectivity index (χ1) is 16.2. The topological polar surface area (TPSA) is 98.1 Å². The Bertz CT molecular complexity index is 1180. The molecule has 0 bridgehead atoms. The third-order valence-electron chi connectivity index (χ3n) is 5.18. The Labute approximate surface area is 208 Å². The average Bonchev–Trinajstić information content (AvgIpc) is 3.16. The van der Waals surface area contributed by atoms with Crippen molar-refractivity contribution in [2.45, 2.75) is 32.0 Å². The van der Waals surface area contributed by atoms with Crippen LogP contribution in [-0.2, 0) is 11.8 Å². The molecule has 0 aliphatic rings. The number of aromatic nitrogens is 3. The first kappa shape index (κ1) is 25.6. The molecule has 3 aromatic rings. The molecule has 0 fully saturated rings. The third kappa shape index (κ3) is 6.09. The largest absolute Gasteiger partial charge is 0.495 e. The van der Waals surface area contributed by atoms with Crippen LogP contribution in [0.1, 0.15) is 41.6 Å². The fourth-order valence-electron chi connectivity index (χ4n) is 3.35. The number of ether oxygens (including phenoxy) is 1. The van der Waals surface area contributed by atoms with E-state index in [1.54, 1.807) is 35.9 Å². The summed E-state index contributed by atoms with van der Waals surface area (Å²) in [6.45, 7) is 5.92. The maximum absolute atomic E-state index is 12.8. The molecular formula is C24H28ClN5O3S. The molecule has 0 saturated heterocycles. The van der Waals surface area contributed by atoms with Crippen LogP contribution >= 0.6 is 23.4 Å². The van der Waals surface area contributed by atoms with Crippen LogP contribution in [0.2, 0.25) is 5.02 Å². The minimum absolute atomic E-state index is 0.0456. The van der Waals surface area contributed by atoms with E-state index in [0.717, 1.165) is 5.56 Å². The lowest BCUT2D eigenvalue weighted by atomic mass is 10.0. The van der Waals surface area contributed by atoms with Crippen molar-refractivity contribution in [1.29, 1.82) is 0 Å². The van der Waals surface area contributed by atoms with Gasteiger partial charge in [-0.25, -0.2) is 0 Å². The molecule has 0 radical (unpaired) electrons. The van der Waals surface area contributed by atoms with Crippen molar-refractivity contribution in [2.24, 2.45) is 13.0 Å². The second kappa shape index (κ2) is 11.4. The van der Waals surface area contributed by atoms with Crippen LogP contribution in [0, 0.1) is 12.8 Å². The second-order valence-corrected chi connectivity index (χ2v) is 9.47. The molecule has 3 rings (SSSR count). The van der Waals surface area contributed by atoms with Crippen LogP contribution in [0.25, 0.3) is 0 Å². The number of carbonyl (C=O) groups excluding carboxylic acids is 2. The number of halogens is 1. The highest BCUT2D eigenvalue weighted by Gasteiger charge is 2.26. The van der Waals surface area contributed by atoms with Crippen molar-refractivity contribution in [3.05, 3.63) is 64.4 Å². The number of benzene rings is 2. The molecule has 0 saturated carbocycles. The summed E-state index contributed by atoms with van der Waals surface area (Å²) in [7, 11) is 3.38. The lowest BCUT2D eigenvalue weighted by Gasteiger charge is -2.22. The van der Waals surface area contributed by atoms with Gasteiger partial charge < -0.3 is 19.9 Å². The van der Waals surface area contributed by atoms with Crippen molar-refractivity contribution in [3.8, 4) is 5.75 Å². The van der Waals surface area contributed by atoms with E-state index in [-0.39, 0.29) is 29.5 Å². The first-order valence-corrected chi connectivity index (χ1v) is 12.1. The van der Waals surface area contributed by atoms with Gasteiger partial charge in [-0.15, -0.1) is 10.2 Å². The summed E-state index contributed by atoms with van der Waals surface area (Å²) in [5.41, 5.74) is 2.03. The van der Waals surface area contributed by atoms with E-state index in [1.807, 2.05) is 46.0 Å². The lowest BCUT2D eigenvalue weighted by Crippen LogP contribution is -2.33. The number of hydrogen-bond donors (Lipinski definition) is 2. The average molecular weight is 502 g/mol. The molecule has 2 N–H and O–H groups in total. The van der Waals surface area contributed by atoms with E-state index in [4.69, 9.17) is 16.3 Å². The van der Waals surface area contributed by atoms with Gasteiger partial charge in [-0.05, 0) is 42.7 Å². The summed E-state index contributed by atoms with van der Waals surface area (Å²) in [6, 6.07) is 12.1. The van der Waals surface area contributed by atoms with Crippen LogP contribution in [0.3, 0.4) is 0 Å². The molecule has 34 heavy (non-hydrogen) atoms. The fraction of sp³-hybridized carbons (Fsp3) is 0.333. The first-order valence-electron chi connectivity index (χ1n) is 10.7. The summed E-state index contributed by atoms with van der Waals surface area (Å²) in [6.07, 6.45) is 0. The summed E-state index contributed by atoms with van der Waals surface area (Å²) in [5.74, 6) is 0.905. The zero-order valence-electron chi connectivity index (χ0n) is 19.8. The van der Waals surface area contributed by atoms with Crippen molar-refractivity contribution in [2.75, 3.05) is 18.2 Å². The van der Waals surface area contributed by atoms with Crippen molar-refractivity contribution in [3.63, 3.8) is 0 Å². The van der Waals surface area contributed by atoms with Crippen LogP contribution in [-0.4, -0.2) is 39.4 Å². The van der Waals surface area contributed by atoms with E-state index >= 15 is 0 Å². The van der Waals surface area contributed by atoms with Crippen LogP contribution < -0.4 is 15.4 Å². The number of hydrogen-bond acceptors (Lipinski definition) is 6.